The summed E-state index contributed by atoms with van der Waals surface area (Å²) in [5, 5.41) is 118. The SMILES string of the molecule is C[C@@H]1[C@H](O)[C@@H](C)/C=C/C=C/C=C/C=C/C=C/C=C/C=C/[C@H](O[C@@H]2O[C@H](C)[C@@H](O)[C@H](N)[C@@H]2O)C[C@@H]2O[C@](O)(C[C@@H](O)C[C@@H](O)[C@H](O)CC[C@@H](O)C[C@@H](O)CC(=O)O[C@H]1C)C[C@H](O)[C@H]2C(=O)O.Cl. The summed E-state index contributed by atoms with van der Waals surface area (Å²) in [5.74, 6) is -6.83. The van der Waals surface area contributed by atoms with Gasteiger partial charge in [-0.1, -0.05) is 98.9 Å². The first-order valence-corrected chi connectivity index (χ1v) is 22.3. The van der Waals surface area contributed by atoms with E-state index >= 15 is 0 Å². The molecule has 0 aliphatic carbocycles. The molecule has 3 rings (SSSR count). The van der Waals surface area contributed by atoms with Crippen molar-refractivity contribution in [2.45, 2.75) is 177 Å². The number of carbonyl (C=O) groups excluding carboxylic acids is 1. The standard InChI is InChI=1S/C47H73NO17.ClH/c1-27-17-15-13-11-9-7-5-6-8-10-12-14-16-18-34(64-46-44(58)41(48)43(57)30(4)63-46)24-38-40(45(59)60)37(54)26-47(61,65-38)25-33(51)22-36(53)35(52)20-19-31(49)21-32(50)23-39(55)62-29(3)28(2)42(27)56;/h5-18,27-38,40-44,46,49-54,56-58,61H,19-26,48H2,1-4H3,(H,59,60);1H/b6-5+,9-7+,10-8+,13-11+,14-12+,17-15+,18-16+;/t27-,28-,29-,30+,31+,32+,33-,34-,35+,36+,37-,38-,40+,41-,42+,43+,44-,46-,47+;/m0./s1. The van der Waals surface area contributed by atoms with Gasteiger partial charge in [0.15, 0.2) is 12.1 Å². The molecule has 13 N–H and O–H groups in total. The van der Waals surface area contributed by atoms with Crippen LogP contribution in [0.15, 0.2) is 85.1 Å². The fourth-order valence-corrected chi connectivity index (χ4v) is 7.97. The third-order valence-corrected chi connectivity index (χ3v) is 12.0. The lowest BCUT2D eigenvalue weighted by Gasteiger charge is -2.45. The molecule has 0 radical (unpaired) electrons. The number of aliphatic hydroxyl groups is 10. The van der Waals surface area contributed by atoms with E-state index in [1.54, 1.807) is 80.7 Å². The topological polar surface area (TPSA) is 320 Å². The number of rotatable bonds is 3. The van der Waals surface area contributed by atoms with Crippen molar-refractivity contribution in [1.29, 1.82) is 0 Å². The van der Waals surface area contributed by atoms with Crippen LogP contribution in [-0.4, -0.2) is 166 Å². The molecule has 0 spiro atoms. The van der Waals surface area contributed by atoms with E-state index in [1.165, 1.54) is 13.0 Å². The van der Waals surface area contributed by atoms with Gasteiger partial charge in [-0.2, -0.15) is 0 Å². The number of allylic oxidation sites excluding steroid dienone is 12. The van der Waals surface area contributed by atoms with Gasteiger partial charge in [0.05, 0.1) is 79.6 Å². The molecule has 0 aromatic heterocycles. The second-order valence-electron chi connectivity index (χ2n) is 17.6. The minimum atomic E-state index is -2.33. The van der Waals surface area contributed by atoms with E-state index in [0.29, 0.717) is 0 Å². The maximum Gasteiger partial charge on any atom is 0.311 e. The van der Waals surface area contributed by atoms with Crippen molar-refractivity contribution in [2.24, 2.45) is 23.5 Å². The van der Waals surface area contributed by atoms with Crippen LogP contribution in [0.4, 0.5) is 0 Å². The smallest absolute Gasteiger partial charge is 0.311 e. The molecule has 19 heteroatoms. The van der Waals surface area contributed by atoms with Crippen LogP contribution in [0.3, 0.4) is 0 Å². The Morgan fingerprint density at radius 2 is 1.23 bits per heavy atom. The van der Waals surface area contributed by atoms with E-state index in [0.717, 1.165) is 0 Å². The van der Waals surface area contributed by atoms with E-state index in [-0.39, 0.29) is 44.0 Å². The summed E-state index contributed by atoms with van der Waals surface area (Å²) in [6, 6.07) is -1.15. The molecule has 19 atom stereocenters. The van der Waals surface area contributed by atoms with Gasteiger partial charge in [-0.15, -0.1) is 12.4 Å². The molecule has 0 aromatic rings. The van der Waals surface area contributed by atoms with Gasteiger partial charge in [0.1, 0.15) is 18.1 Å². The van der Waals surface area contributed by atoms with Gasteiger partial charge in [-0.25, -0.2) is 0 Å². The maximum absolute atomic E-state index is 12.6. The summed E-state index contributed by atoms with van der Waals surface area (Å²) < 4.78 is 23.1. The number of aliphatic carboxylic acids is 1. The van der Waals surface area contributed by atoms with Crippen molar-refractivity contribution in [3.8, 4) is 0 Å². The van der Waals surface area contributed by atoms with Gasteiger partial charge in [0.25, 0.3) is 0 Å². The molecular formula is C47H74ClNO17. The van der Waals surface area contributed by atoms with Crippen LogP contribution in [0.5, 0.6) is 0 Å². The van der Waals surface area contributed by atoms with Crippen LogP contribution in [0.25, 0.3) is 0 Å². The van der Waals surface area contributed by atoms with Gasteiger partial charge in [0, 0.05) is 37.5 Å². The van der Waals surface area contributed by atoms with E-state index < -0.39 is 147 Å². The molecule has 3 heterocycles. The molecule has 2 fully saturated rings. The van der Waals surface area contributed by atoms with Crippen molar-refractivity contribution in [3.63, 3.8) is 0 Å². The first-order chi connectivity index (χ1) is 30.6. The van der Waals surface area contributed by atoms with Crippen molar-refractivity contribution in [2.75, 3.05) is 0 Å². The fourth-order valence-electron chi connectivity index (χ4n) is 7.97. The van der Waals surface area contributed by atoms with Crippen LogP contribution < -0.4 is 5.73 Å². The normalized spacial score (nSPS) is 44.8. The van der Waals surface area contributed by atoms with Crippen LogP contribution in [-0.2, 0) is 28.5 Å². The number of hydrogen-bond acceptors (Lipinski definition) is 17. The van der Waals surface area contributed by atoms with Crippen LogP contribution in [0.2, 0.25) is 0 Å². The molecule has 0 saturated carbocycles. The number of hydrogen-bond donors (Lipinski definition) is 12. The van der Waals surface area contributed by atoms with Gasteiger partial charge in [-0.3, -0.25) is 9.59 Å². The zero-order chi connectivity index (χ0) is 48.4. The minimum Gasteiger partial charge on any atom is -0.481 e. The molecule has 2 saturated heterocycles. The van der Waals surface area contributed by atoms with E-state index in [2.05, 4.69) is 0 Å². The predicted molar refractivity (Wildman–Crippen MR) is 244 cm³/mol. The average Bonchev–Trinajstić information content (AvgIpc) is 3.21. The third-order valence-electron chi connectivity index (χ3n) is 12.0. The van der Waals surface area contributed by atoms with Crippen molar-refractivity contribution < 1.29 is 84.7 Å². The first kappa shape index (κ1) is 59.0. The van der Waals surface area contributed by atoms with Crippen LogP contribution in [0.1, 0.15) is 79.1 Å². The number of ether oxygens (including phenoxy) is 4. The number of carboxylic acids is 1. The maximum atomic E-state index is 12.6. The zero-order valence-corrected chi connectivity index (χ0v) is 38.8. The third kappa shape index (κ3) is 19.5. The molecule has 66 heavy (non-hydrogen) atoms. The minimum absolute atomic E-state index is 0. The Bertz CT molecular complexity index is 1670. The second kappa shape index (κ2) is 29.0. The van der Waals surface area contributed by atoms with Crippen LogP contribution in [0, 0.1) is 17.8 Å². The number of aliphatic hydroxyl groups excluding tert-OH is 9. The Hall–Kier alpha value is -3.15. The van der Waals surface area contributed by atoms with Gasteiger partial charge in [0.2, 0.25) is 0 Å². The Morgan fingerprint density at radius 1 is 0.667 bits per heavy atom. The Kier molecular flexibility index (Phi) is 25.9. The molecule has 0 amide bonds. The summed E-state index contributed by atoms with van der Waals surface area (Å²) in [6.45, 7) is 6.74. The first-order valence-electron chi connectivity index (χ1n) is 22.3. The molecule has 0 aromatic carbocycles. The van der Waals surface area contributed by atoms with E-state index in [9.17, 15) is 65.8 Å². The molecule has 2 bridgehead atoms. The number of carbonyl (C=O) groups is 2. The van der Waals surface area contributed by atoms with Gasteiger partial charge < -0.3 is 80.9 Å². The van der Waals surface area contributed by atoms with Crippen molar-refractivity contribution in [1.82, 2.24) is 0 Å². The van der Waals surface area contributed by atoms with Gasteiger partial charge in [-0.05, 0) is 33.1 Å². The number of nitrogens with two attached hydrogens (primary N) is 1. The highest BCUT2D eigenvalue weighted by molar-refractivity contribution is 5.85. The highest BCUT2D eigenvalue weighted by Crippen LogP contribution is 2.38. The van der Waals surface area contributed by atoms with E-state index in [1.807, 2.05) is 19.1 Å². The highest BCUT2D eigenvalue weighted by atomic mass is 35.5. The van der Waals surface area contributed by atoms with Crippen molar-refractivity contribution in [3.05, 3.63) is 85.1 Å². The number of cyclic esters (lactones) is 1. The van der Waals surface area contributed by atoms with Crippen LogP contribution >= 0.6 is 12.4 Å². The fraction of sp³-hybridized carbons (Fsp3) is 0.660. The molecular weight excluding hydrogens is 886 g/mol. The Balaban J connectivity index is 0.0000150. The predicted octanol–water partition coefficient (Wildman–Crippen LogP) is 1.13. The van der Waals surface area contributed by atoms with Crippen molar-refractivity contribution >= 4 is 24.3 Å². The summed E-state index contributed by atoms with van der Waals surface area (Å²) >= 11 is 0. The lowest BCUT2D eigenvalue weighted by atomic mass is 9.82. The van der Waals surface area contributed by atoms with E-state index in [4.69, 9.17) is 24.7 Å². The lowest BCUT2D eigenvalue weighted by molar-refractivity contribution is -0.308. The molecule has 376 valence electrons. The Labute approximate surface area is 393 Å². The van der Waals surface area contributed by atoms with Gasteiger partial charge >= 0.3 is 11.9 Å². The summed E-state index contributed by atoms with van der Waals surface area (Å²) in [6.07, 6.45) is 3.46. The lowest BCUT2D eigenvalue weighted by Crippen LogP contribution is -2.61. The summed E-state index contributed by atoms with van der Waals surface area (Å²) in [4.78, 5) is 25.1. The molecule has 3 aliphatic heterocycles. The average molecular weight is 961 g/mol. The summed E-state index contributed by atoms with van der Waals surface area (Å²) in [5.41, 5.74) is 6.02. The molecule has 18 nitrogen and oxygen atoms in total. The molecule has 0 unspecified atom stereocenters. The quantitative estimate of drug-likeness (QED) is 0.177. The highest BCUT2D eigenvalue weighted by Gasteiger charge is 2.51. The number of fused-ring (bicyclic) bond motifs is 2. The molecule has 3 aliphatic rings. The second-order valence-corrected chi connectivity index (χ2v) is 17.6. The monoisotopic (exact) mass is 959 g/mol. The largest absolute Gasteiger partial charge is 0.481 e. The number of halogens is 1. The number of carboxylic acid groups (broad SMARTS) is 1. The summed E-state index contributed by atoms with van der Waals surface area (Å²) in [7, 11) is 0. The zero-order valence-electron chi connectivity index (χ0n) is 38.0. The number of esters is 1. The Morgan fingerprint density at radius 3 is 1.80 bits per heavy atom.